The van der Waals surface area contributed by atoms with Gasteiger partial charge in [0.1, 0.15) is 11.5 Å². The Morgan fingerprint density at radius 1 is 0.621 bits per heavy atom. The summed E-state index contributed by atoms with van der Waals surface area (Å²) in [6.07, 6.45) is 1.12. The van der Waals surface area contributed by atoms with Gasteiger partial charge in [-0.1, -0.05) is 130 Å². The standard InChI is InChI=1S/C53H53BN2OS/c1-50(2,3)33-22-26-46-39(27-33)48-49(58-46)54-42-28-34(51(4,5)6)21-25-44(42)57-45-31-38(55(35-17-13-11-14-18-35)36-19-15-12-16-20-36)30-43(47(45)54)56(48)37-23-24-40-41(29-37)53(9,10)32-52(40,7)8/h11-31H,32H2,1-10H3. The van der Waals surface area contributed by atoms with E-state index in [0.29, 0.717) is 0 Å². The molecule has 58 heavy (non-hydrogen) atoms. The number of fused-ring (bicyclic) bond motifs is 7. The molecule has 3 nitrogen and oxygen atoms in total. The zero-order valence-electron chi connectivity index (χ0n) is 35.6. The van der Waals surface area contributed by atoms with Gasteiger partial charge in [0.25, 0.3) is 6.71 Å². The van der Waals surface area contributed by atoms with Crippen molar-refractivity contribution in [3.63, 3.8) is 0 Å². The summed E-state index contributed by atoms with van der Waals surface area (Å²) in [5.41, 5.74) is 15.1. The average molecular weight is 777 g/mol. The summed E-state index contributed by atoms with van der Waals surface area (Å²) in [5.74, 6) is 1.85. The van der Waals surface area contributed by atoms with Crippen LogP contribution in [0.25, 0.3) is 10.1 Å². The van der Waals surface area contributed by atoms with Crippen LogP contribution in [0.3, 0.4) is 0 Å². The Morgan fingerprint density at radius 2 is 1.24 bits per heavy atom. The van der Waals surface area contributed by atoms with Gasteiger partial charge in [0.2, 0.25) is 0 Å². The summed E-state index contributed by atoms with van der Waals surface area (Å²) < 4.78 is 9.87. The van der Waals surface area contributed by atoms with Crippen molar-refractivity contribution in [1.82, 2.24) is 0 Å². The Labute approximate surface area is 349 Å². The molecule has 0 N–H and O–H groups in total. The van der Waals surface area contributed by atoms with Crippen molar-refractivity contribution in [3.8, 4) is 11.5 Å². The number of para-hydroxylation sites is 2. The first-order valence-corrected chi connectivity index (χ1v) is 21.7. The van der Waals surface area contributed by atoms with Crippen LogP contribution < -0.4 is 30.2 Å². The van der Waals surface area contributed by atoms with E-state index in [0.717, 1.165) is 35.0 Å². The molecule has 0 fully saturated rings. The van der Waals surface area contributed by atoms with E-state index in [1.807, 2.05) is 11.3 Å². The molecule has 2 aliphatic heterocycles. The average Bonchev–Trinajstić information content (AvgIpc) is 3.64. The molecule has 0 unspecified atom stereocenters. The van der Waals surface area contributed by atoms with Gasteiger partial charge in [-0.2, -0.15) is 0 Å². The third kappa shape index (κ3) is 5.75. The third-order valence-electron chi connectivity index (χ3n) is 13.0. The minimum Gasteiger partial charge on any atom is -0.458 e. The normalized spacial score (nSPS) is 16.0. The lowest BCUT2D eigenvalue weighted by molar-refractivity contribution is 0.403. The number of anilines is 6. The lowest BCUT2D eigenvalue weighted by Gasteiger charge is -2.40. The zero-order valence-corrected chi connectivity index (χ0v) is 36.4. The Balaban J connectivity index is 1.32. The zero-order chi connectivity index (χ0) is 40.5. The molecule has 3 aliphatic rings. The molecule has 0 spiro atoms. The third-order valence-corrected chi connectivity index (χ3v) is 14.2. The molecule has 0 atom stereocenters. The molecule has 6 aromatic carbocycles. The maximum absolute atomic E-state index is 7.18. The quantitative estimate of drug-likeness (QED) is 0.166. The van der Waals surface area contributed by atoms with E-state index in [-0.39, 0.29) is 28.4 Å². The minimum atomic E-state index is -0.00976. The van der Waals surface area contributed by atoms with Gasteiger partial charge in [-0.25, -0.2) is 0 Å². The van der Waals surface area contributed by atoms with Crippen LogP contribution in [0.2, 0.25) is 0 Å². The van der Waals surface area contributed by atoms with E-state index >= 15 is 0 Å². The number of rotatable bonds is 4. The molecule has 7 aromatic rings. The molecule has 10 rings (SSSR count). The molecule has 0 bridgehead atoms. The van der Waals surface area contributed by atoms with Crippen LogP contribution in [0, 0.1) is 0 Å². The smallest absolute Gasteiger partial charge is 0.268 e. The molecule has 3 heterocycles. The highest BCUT2D eigenvalue weighted by molar-refractivity contribution is 7.33. The summed E-state index contributed by atoms with van der Waals surface area (Å²) in [5, 5.41) is 1.31. The molecule has 290 valence electrons. The number of hydrogen-bond acceptors (Lipinski definition) is 4. The Kier molecular flexibility index (Phi) is 8.06. The summed E-state index contributed by atoms with van der Waals surface area (Å²) in [4.78, 5) is 4.98. The topological polar surface area (TPSA) is 15.7 Å². The number of ether oxygens (including phenoxy) is 1. The first-order valence-electron chi connectivity index (χ1n) is 20.9. The van der Waals surface area contributed by atoms with E-state index < -0.39 is 0 Å². The van der Waals surface area contributed by atoms with Gasteiger partial charge in [0.15, 0.2) is 0 Å². The van der Waals surface area contributed by atoms with Crippen molar-refractivity contribution in [2.24, 2.45) is 0 Å². The van der Waals surface area contributed by atoms with Gasteiger partial charge in [-0.15, -0.1) is 11.3 Å². The van der Waals surface area contributed by atoms with Crippen molar-refractivity contribution >= 4 is 78.0 Å². The molecule has 5 heteroatoms. The first kappa shape index (κ1) is 37.0. The number of benzene rings is 6. The van der Waals surface area contributed by atoms with Crippen LogP contribution in [-0.4, -0.2) is 6.71 Å². The van der Waals surface area contributed by atoms with Crippen molar-refractivity contribution in [2.75, 3.05) is 9.80 Å². The number of thiophene rings is 1. The predicted octanol–water partition coefficient (Wildman–Crippen LogP) is 13.3. The number of hydrogen-bond donors (Lipinski definition) is 0. The van der Waals surface area contributed by atoms with Crippen LogP contribution in [0.15, 0.2) is 127 Å². The van der Waals surface area contributed by atoms with Crippen LogP contribution in [0.5, 0.6) is 11.5 Å². The van der Waals surface area contributed by atoms with Crippen LogP contribution >= 0.6 is 11.3 Å². The SMILES string of the molecule is CC(C)(C)c1ccc2c(c1)B1c3sc4ccc(C(C)(C)C)cc4c3N(c3ccc4c(c3)C(C)(C)CC4(C)C)c3cc(N(c4ccccc4)c4ccccc4)cc(c31)O2. The molecular formula is C53H53BN2OS. The van der Waals surface area contributed by atoms with E-state index in [1.165, 1.54) is 65.1 Å². The van der Waals surface area contributed by atoms with Crippen LogP contribution in [0.4, 0.5) is 34.1 Å². The second-order valence-corrected chi connectivity index (χ2v) is 21.3. The predicted molar refractivity (Wildman–Crippen MR) is 250 cm³/mol. The Hall–Kier alpha value is -5.26. The van der Waals surface area contributed by atoms with E-state index in [4.69, 9.17) is 4.74 Å². The van der Waals surface area contributed by atoms with E-state index in [2.05, 4.69) is 206 Å². The summed E-state index contributed by atoms with van der Waals surface area (Å²) >= 11 is 1.95. The fourth-order valence-electron chi connectivity index (χ4n) is 10.3. The lowest BCUT2D eigenvalue weighted by Crippen LogP contribution is -2.58. The maximum atomic E-state index is 7.18. The highest BCUT2D eigenvalue weighted by Crippen LogP contribution is 2.54. The van der Waals surface area contributed by atoms with Gasteiger partial charge >= 0.3 is 0 Å². The molecule has 0 radical (unpaired) electrons. The highest BCUT2D eigenvalue weighted by Gasteiger charge is 2.47. The molecule has 0 saturated heterocycles. The molecule has 1 aliphatic carbocycles. The molecule has 0 saturated carbocycles. The Bertz CT molecular complexity index is 2730. The highest BCUT2D eigenvalue weighted by atomic mass is 32.1. The molecule has 0 amide bonds. The van der Waals surface area contributed by atoms with Gasteiger partial charge in [-0.05, 0) is 122 Å². The van der Waals surface area contributed by atoms with Crippen molar-refractivity contribution in [3.05, 3.63) is 150 Å². The van der Waals surface area contributed by atoms with Crippen LogP contribution in [0.1, 0.15) is 97.9 Å². The second-order valence-electron chi connectivity index (χ2n) is 20.2. The van der Waals surface area contributed by atoms with Gasteiger partial charge in [0.05, 0.1) is 11.4 Å². The fourth-order valence-corrected chi connectivity index (χ4v) is 11.6. The van der Waals surface area contributed by atoms with E-state index in [9.17, 15) is 0 Å². The first-order chi connectivity index (χ1) is 27.5. The van der Waals surface area contributed by atoms with Crippen molar-refractivity contribution in [1.29, 1.82) is 0 Å². The maximum Gasteiger partial charge on any atom is 0.268 e. The van der Waals surface area contributed by atoms with Gasteiger partial charge < -0.3 is 14.5 Å². The van der Waals surface area contributed by atoms with E-state index in [1.54, 1.807) is 0 Å². The van der Waals surface area contributed by atoms with Gasteiger partial charge in [0, 0.05) is 43.7 Å². The summed E-state index contributed by atoms with van der Waals surface area (Å²) in [6.45, 7) is 23.6. The van der Waals surface area contributed by atoms with Crippen molar-refractivity contribution in [2.45, 2.75) is 97.3 Å². The largest absolute Gasteiger partial charge is 0.458 e. The second kappa shape index (κ2) is 12.6. The summed E-state index contributed by atoms with van der Waals surface area (Å²) in [7, 11) is 0. The lowest BCUT2D eigenvalue weighted by atomic mass is 9.36. The van der Waals surface area contributed by atoms with Crippen LogP contribution in [-0.2, 0) is 21.7 Å². The monoisotopic (exact) mass is 776 g/mol. The number of nitrogens with zero attached hydrogens (tertiary/aromatic N) is 2. The molecular weight excluding hydrogens is 723 g/mol. The van der Waals surface area contributed by atoms with Gasteiger partial charge in [-0.3, -0.25) is 0 Å². The fraction of sp³-hybridized carbons (Fsp3) is 0.283. The van der Waals surface area contributed by atoms with Crippen molar-refractivity contribution < 1.29 is 4.74 Å². The minimum absolute atomic E-state index is 0.00267. The molecule has 1 aromatic heterocycles. The Morgan fingerprint density at radius 3 is 1.90 bits per heavy atom. The summed E-state index contributed by atoms with van der Waals surface area (Å²) in [6, 6.07) is 47.7.